The molecule has 0 radical (unpaired) electrons. The van der Waals surface area contributed by atoms with Gasteiger partial charge in [-0.1, -0.05) is 11.3 Å². The average Bonchev–Trinajstić information content (AvgIpc) is 2.78. The van der Waals surface area contributed by atoms with E-state index in [0.717, 1.165) is 6.20 Å². The second-order valence-electron chi connectivity index (χ2n) is 4.63. The van der Waals surface area contributed by atoms with Crippen molar-refractivity contribution in [2.24, 2.45) is 0 Å². The van der Waals surface area contributed by atoms with Gasteiger partial charge < -0.3 is 5.32 Å². The molecule has 2 heterocycles. The molecule has 2 aromatic heterocycles. The zero-order valence-electron chi connectivity index (χ0n) is 12.0. The molecule has 0 saturated carbocycles. The van der Waals surface area contributed by atoms with Crippen LogP contribution in [0.25, 0.3) is 0 Å². The molecule has 0 amide bonds. The van der Waals surface area contributed by atoms with Crippen LogP contribution in [0.2, 0.25) is 0 Å². The number of anilines is 2. The number of nitrogens with zero attached hydrogens (tertiary/aromatic N) is 4. The van der Waals surface area contributed by atoms with Crippen molar-refractivity contribution >= 4 is 22.3 Å². The standard InChI is InChI=1S/C13H12F3N5S/c1-6(4-17)10-19-8(3)11(22-10)21-12-18-5-9(7(2)20-12)13(14,15)16/h5-6H,1-3H3,(H,18,20,21). The molecule has 2 rings (SSSR count). The Labute approximate surface area is 128 Å². The van der Waals surface area contributed by atoms with Crippen molar-refractivity contribution < 1.29 is 13.2 Å². The van der Waals surface area contributed by atoms with Crippen molar-refractivity contribution in [2.45, 2.75) is 32.9 Å². The van der Waals surface area contributed by atoms with E-state index >= 15 is 0 Å². The lowest BCUT2D eigenvalue weighted by atomic mass is 10.2. The largest absolute Gasteiger partial charge is 0.419 e. The zero-order valence-corrected chi connectivity index (χ0v) is 12.8. The molecule has 0 aliphatic carbocycles. The van der Waals surface area contributed by atoms with Crippen LogP contribution in [0, 0.1) is 25.2 Å². The lowest BCUT2D eigenvalue weighted by Crippen LogP contribution is -2.11. The zero-order chi connectivity index (χ0) is 16.5. The average molecular weight is 327 g/mol. The van der Waals surface area contributed by atoms with E-state index in [2.05, 4.69) is 26.3 Å². The van der Waals surface area contributed by atoms with Crippen molar-refractivity contribution in [3.8, 4) is 6.07 Å². The molecule has 0 aromatic carbocycles. The first-order chi connectivity index (χ1) is 10.2. The summed E-state index contributed by atoms with van der Waals surface area (Å²) >= 11 is 1.26. The quantitative estimate of drug-likeness (QED) is 0.924. The fourth-order valence-electron chi connectivity index (χ4n) is 1.68. The summed E-state index contributed by atoms with van der Waals surface area (Å²) < 4.78 is 38.0. The number of halogens is 3. The Hall–Kier alpha value is -2.21. The Morgan fingerprint density at radius 1 is 1.27 bits per heavy atom. The maximum Gasteiger partial charge on any atom is 0.419 e. The van der Waals surface area contributed by atoms with Crippen LogP contribution in [-0.2, 0) is 6.18 Å². The van der Waals surface area contributed by atoms with Crippen molar-refractivity contribution in [1.82, 2.24) is 15.0 Å². The number of nitriles is 1. The Morgan fingerprint density at radius 3 is 2.50 bits per heavy atom. The normalized spacial score (nSPS) is 12.8. The summed E-state index contributed by atoms with van der Waals surface area (Å²) in [6, 6.07) is 2.08. The highest BCUT2D eigenvalue weighted by molar-refractivity contribution is 7.16. The predicted molar refractivity (Wildman–Crippen MR) is 75.9 cm³/mol. The second-order valence-corrected chi connectivity index (χ2v) is 5.66. The van der Waals surface area contributed by atoms with Crippen molar-refractivity contribution in [1.29, 1.82) is 5.26 Å². The first-order valence-corrected chi connectivity index (χ1v) is 7.08. The molecule has 116 valence electrons. The smallest absolute Gasteiger partial charge is 0.314 e. The summed E-state index contributed by atoms with van der Waals surface area (Å²) in [5.41, 5.74) is -0.376. The van der Waals surface area contributed by atoms with Crippen molar-refractivity contribution in [3.05, 3.63) is 28.2 Å². The van der Waals surface area contributed by atoms with E-state index in [4.69, 9.17) is 5.26 Å². The van der Waals surface area contributed by atoms with Crippen LogP contribution < -0.4 is 5.32 Å². The third-order valence-electron chi connectivity index (χ3n) is 2.89. The van der Waals surface area contributed by atoms with E-state index in [1.165, 1.54) is 18.3 Å². The predicted octanol–water partition coefficient (Wildman–Crippen LogP) is 3.94. The molecule has 5 nitrogen and oxygen atoms in total. The second kappa shape index (κ2) is 5.88. The third-order valence-corrected chi connectivity index (χ3v) is 4.14. The van der Waals surface area contributed by atoms with Gasteiger partial charge in [0.05, 0.1) is 28.9 Å². The number of thiazole rings is 1. The maximum absolute atomic E-state index is 12.7. The molecule has 0 bridgehead atoms. The Balaban J connectivity index is 2.27. The SMILES string of the molecule is Cc1nc(Nc2sc(C(C)C#N)nc2C)ncc1C(F)(F)F. The molecule has 1 atom stereocenters. The van der Waals surface area contributed by atoms with Crippen LogP contribution in [-0.4, -0.2) is 15.0 Å². The van der Waals surface area contributed by atoms with E-state index in [9.17, 15) is 13.2 Å². The van der Waals surface area contributed by atoms with Crippen molar-refractivity contribution in [2.75, 3.05) is 5.32 Å². The number of hydrogen-bond donors (Lipinski definition) is 1. The highest BCUT2D eigenvalue weighted by atomic mass is 32.1. The third kappa shape index (κ3) is 3.33. The van der Waals surface area contributed by atoms with Crippen molar-refractivity contribution in [3.63, 3.8) is 0 Å². The van der Waals surface area contributed by atoms with Gasteiger partial charge in [-0.3, -0.25) is 0 Å². The molecule has 1 unspecified atom stereocenters. The number of aromatic nitrogens is 3. The molecule has 1 N–H and O–H groups in total. The van der Waals surface area contributed by atoms with E-state index in [-0.39, 0.29) is 17.6 Å². The van der Waals surface area contributed by atoms with Crippen LogP contribution in [0.5, 0.6) is 0 Å². The molecule has 2 aromatic rings. The molecule has 0 saturated heterocycles. The number of aryl methyl sites for hydroxylation is 2. The van der Waals surface area contributed by atoms with Crippen LogP contribution in [0.1, 0.15) is 34.8 Å². The molecule has 0 aliphatic rings. The van der Waals surface area contributed by atoms with Crippen LogP contribution in [0.4, 0.5) is 24.1 Å². The van der Waals surface area contributed by atoms with Crippen LogP contribution in [0.3, 0.4) is 0 Å². The lowest BCUT2D eigenvalue weighted by molar-refractivity contribution is -0.138. The molecule has 0 spiro atoms. The monoisotopic (exact) mass is 327 g/mol. The van der Waals surface area contributed by atoms with Gasteiger partial charge in [-0.15, -0.1) is 0 Å². The van der Waals surface area contributed by atoms with Gasteiger partial charge in [0.25, 0.3) is 0 Å². The summed E-state index contributed by atoms with van der Waals surface area (Å²) in [5, 5.41) is 13.0. The summed E-state index contributed by atoms with van der Waals surface area (Å²) in [4.78, 5) is 11.8. The van der Waals surface area contributed by atoms with Crippen LogP contribution in [0.15, 0.2) is 6.20 Å². The number of alkyl halides is 3. The first-order valence-electron chi connectivity index (χ1n) is 6.27. The molecular formula is C13H12F3N5S. The highest BCUT2D eigenvalue weighted by Gasteiger charge is 2.33. The summed E-state index contributed by atoms with van der Waals surface area (Å²) in [7, 11) is 0. The maximum atomic E-state index is 12.7. The number of hydrogen-bond acceptors (Lipinski definition) is 6. The molecule has 0 aliphatic heterocycles. The van der Waals surface area contributed by atoms with E-state index < -0.39 is 11.7 Å². The minimum absolute atomic E-state index is 0.0633. The van der Waals surface area contributed by atoms with Gasteiger partial charge in [0, 0.05) is 6.20 Å². The van der Waals surface area contributed by atoms with Gasteiger partial charge in [-0.25, -0.2) is 15.0 Å². The lowest BCUT2D eigenvalue weighted by Gasteiger charge is -2.10. The molecule has 0 fully saturated rings. The Kier molecular flexibility index (Phi) is 4.32. The van der Waals surface area contributed by atoms with E-state index in [0.29, 0.717) is 15.7 Å². The topological polar surface area (TPSA) is 74.5 Å². The van der Waals surface area contributed by atoms with Gasteiger partial charge in [0.15, 0.2) is 0 Å². The van der Waals surface area contributed by atoms with Crippen LogP contribution >= 0.6 is 11.3 Å². The van der Waals surface area contributed by atoms with Gasteiger partial charge in [0.1, 0.15) is 10.0 Å². The van der Waals surface area contributed by atoms with Gasteiger partial charge in [-0.2, -0.15) is 18.4 Å². The Morgan fingerprint density at radius 2 is 1.95 bits per heavy atom. The van der Waals surface area contributed by atoms with Gasteiger partial charge in [-0.05, 0) is 20.8 Å². The van der Waals surface area contributed by atoms with Gasteiger partial charge >= 0.3 is 6.18 Å². The highest BCUT2D eigenvalue weighted by Crippen LogP contribution is 2.33. The molecular weight excluding hydrogens is 315 g/mol. The minimum Gasteiger partial charge on any atom is -0.314 e. The Bertz CT molecular complexity index is 732. The molecule has 9 heteroatoms. The van der Waals surface area contributed by atoms with E-state index in [1.807, 2.05) is 0 Å². The summed E-state index contributed by atoms with van der Waals surface area (Å²) in [6.45, 7) is 4.74. The fraction of sp³-hybridized carbons (Fsp3) is 0.385. The van der Waals surface area contributed by atoms with E-state index in [1.54, 1.807) is 13.8 Å². The summed E-state index contributed by atoms with van der Waals surface area (Å²) in [6.07, 6.45) is -3.72. The fourth-order valence-corrected chi connectivity index (χ4v) is 2.64. The minimum atomic E-state index is -4.47. The number of nitrogens with one attached hydrogen (secondary N) is 1. The molecule has 22 heavy (non-hydrogen) atoms. The van der Waals surface area contributed by atoms with Gasteiger partial charge in [0.2, 0.25) is 5.95 Å². The summed E-state index contributed by atoms with van der Waals surface area (Å²) in [5.74, 6) is -0.289. The number of rotatable bonds is 3. The first kappa shape index (κ1) is 16.2.